The van der Waals surface area contributed by atoms with Crippen molar-refractivity contribution < 1.29 is 18.3 Å². The summed E-state index contributed by atoms with van der Waals surface area (Å²) in [7, 11) is -3.67. The number of benzene rings is 1. The van der Waals surface area contributed by atoms with Gasteiger partial charge >= 0.3 is 5.97 Å². The van der Waals surface area contributed by atoms with Crippen molar-refractivity contribution in [2.24, 2.45) is 5.92 Å². The van der Waals surface area contributed by atoms with Crippen LogP contribution >= 0.6 is 22.9 Å². The number of aliphatic carboxylic acids is 1. The van der Waals surface area contributed by atoms with Crippen molar-refractivity contribution in [1.82, 2.24) is 4.72 Å². The second kappa shape index (κ2) is 10.8. The fourth-order valence-corrected chi connectivity index (χ4v) is 6.55. The van der Waals surface area contributed by atoms with E-state index in [1.807, 2.05) is 12.1 Å². The van der Waals surface area contributed by atoms with Crippen LogP contribution in [0.1, 0.15) is 67.2 Å². The number of thiophene rings is 1. The third kappa shape index (κ3) is 6.80. The van der Waals surface area contributed by atoms with Crippen LogP contribution in [-0.4, -0.2) is 19.5 Å². The Morgan fingerprint density at radius 3 is 2.53 bits per heavy atom. The summed E-state index contributed by atoms with van der Waals surface area (Å²) in [4.78, 5) is 13.0. The first-order chi connectivity index (χ1) is 14.3. The predicted octanol–water partition coefficient (Wildman–Crippen LogP) is 5.80. The topological polar surface area (TPSA) is 83.5 Å². The van der Waals surface area contributed by atoms with Crippen molar-refractivity contribution >= 4 is 38.9 Å². The van der Waals surface area contributed by atoms with Crippen LogP contribution in [0.5, 0.6) is 0 Å². The van der Waals surface area contributed by atoms with Gasteiger partial charge in [0.25, 0.3) is 0 Å². The molecule has 1 heterocycles. The Morgan fingerprint density at radius 2 is 1.87 bits per heavy atom. The first kappa shape index (κ1) is 23.3. The molecule has 1 aliphatic carbocycles. The molecule has 2 aromatic rings. The van der Waals surface area contributed by atoms with E-state index >= 15 is 0 Å². The maximum absolute atomic E-state index is 13.0. The molecule has 30 heavy (non-hydrogen) atoms. The molecule has 0 saturated heterocycles. The minimum Gasteiger partial charge on any atom is -0.481 e. The van der Waals surface area contributed by atoms with E-state index in [9.17, 15) is 13.2 Å². The first-order valence-corrected chi connectivity index (χ1v) is 13.1. The Hall–Kier alpha value is -1.41. The molecule has 0 spiro atoms. The van der Waals surface area contributed by atoms with Crippen molar-refractivity contribution in [3.8, 4) is 0 Å². The van der Waals surface area contributed by atoms with Gasteiger partial charge in [-0.2, -0.15) is 0 Å². The molecule has 8 heteroatoms. The highest BCUT2D eigenvalue weighted by Crippen LogP contribution is 2.34. The quantitative estimate of drug-likeness (QED) is 0.435. The van der Waals surface area contributed by atoms with Gasteiger partial charge in [0, 0.05) is 21.2 Å². The Labute approximate surface area is 187 Å². The highest BCUT2D eigenvalue weighted by atomic mass is 35.5. The summed E-state index contributed by atoms with van der Waals surface area (Å²) >= 11 is 7.47. The van der Waals surface area contributed by atoms with E-state index in [2.05, 4.69) is 4.72 Å². The first-order valence-electron chi connectivity index (χ1n) is 10.4. The summed E-state index contributed by atoms with van der Waals surface area (Å²) in [6, 6.07) is 9.87. The van der Waals surface area contributed by atoms with E-state index in [0.717, 1.165) is 22.6 Å². The van der Waals surface area contributed by atoms with Crippen molar-refractivity contribution in [2.45, 2.75) is 68.7 Å². The van der Waals surface area contributed by atoms with Crippen LogP contribution in [0.4, 0.5) is 0 Å². The molecule has 0 radical (unpaired) electrons. The molecule has 0 aliphatic heterocycles. The second-order valence-electron chi connectivity index (χ2n) is 7.91. The lowest BCUT2D eigenvalue weighted by Crippen LogP contribution is -2.28. The highest BCUT2D eigenvalue weighted by molar-refractivity contribution is 7.89. The van der Waals surface area contributed by atoms with Crippen molar-refractivity contribution in [2.75, 3.05) is 0 Å². The van der Waals surface area contributed by atoms with Gasteiger partial charge in [0.1, 0.15) is 0 Å². The van der Waals surface area contributed by atoms with E-state index in [-0.39, 0.29) is 17.4 Å². The Morgan fingerprint density at radius 1 is 1.17 bits per heavy atom. The zero-order chi connectivity index (χ0) is 21.6. The summed E-state index contributed by atoms with van der Waals surface area (Å²) in [5.41, 5.74) is 0. The summed E-state index contributed by atoms with van der Waals surface area (Å²) in [5.74, 6) is -0.125. The fourth-order valence-electron chi connectivity index (χ4n) is 3.96. The lowest BCUT2D eigenvalue weighted by molar-refractivity contribution is -0.137. The third-order valence-electron chi connectivity index (χ3n) is 5.60. The van der Waals surface area contributed by atoms with Gasteiger partial charge in [0.05, 0.1) is 10.9 Å². The Balaban J connectivity index is 1.73. The zero-order valence-electron chi connectivity index (χ0n) is 16.8. The minimum atomic E-state index is -3.67. The normalized spacial score (nSPS) is 16.0. The molecule has 1 aromatic heterocycles. The molecule has 3 rings (SSSR count). The molecule has 2 N–H and O–H groups in total. The molecule has 1 unspecified atom stereocenters. The number of carbonyl (C=O) groups is 1. The summed E-state index contributed by atoms with van der Waals surface area (Å²) < 4.78 is 28.8. The molecule has 0 amide bonds. The summed E-state index contributed by atoms with van der Waals surface area (Å²) in [6.07, 6.45) is 8.14. The molecule has 1 aliphatic rings. The molecule has 1 aromatic carbocycles. The largest absolute Gasteiger partial charge is 0.481 e. The smallest absolute Gasteiger partial charge is 0.303 e. The van der Waals surface area contributed by atoms with Gasteiger partial charge in [-0.1, -0.05) is 37.3 Å². The summed E-state index contributed by atoms with van der Waals surface area (Å²) in [5, 5.41) is 9.33. The number of carboxylic acids is 1. The molecule has 5 nitrogen and oxygen atoms in total. The number of hydrogen-bond acceptors (Lipinski definition) is 4. The number of sulfonamides is 1. The lowest BCUT2D eigenvalue weighted by atomic mass is 9.98. The van der Waals surface area contributed by atoms with Gasteiger partial charge in [-0.3, -0.25) is 4.79 Å². The second-order valence-corrected chi connectivity index (χ2v) is 11.3. The van der Waals surface area contributed by atoms with Gasteiger partial charge in [0.15, 0.2) is 0 Å². The van der Waals surface area contributed by atoms with Crippen LogP contribution in [0.2, 0.25) is 5.02 Å². The third-order valence-corrected chi connectivity index (χ3v) is 8.60. The fraction of sp³-hybridized carbons (Fsp3) is 0.500. The van der Waals surface area contributed by atoms with E-state index in [1.165, 1.54) is 37.8 Å². The monoisotopic (exact) mass is 469 g/mol. The van der Waals surface area contributed by atoms with Crippen LogP contribution in [0, 0.1) is 5.92 Å². The maximum atomic E-state index is 13.0. The standard InChI is InChI=1S/C22H28ClNO4S2/c23-17-9-12-19(13-10-17)30(27,28)24-20(14-8-16-4-1-2-5-16)21-15-11-18(29-21)6-3-7-22(25)26/h9-13,15-16,20,24H,1-8,14H2,(H,25,26). The zero-order valence-corrected chi connectivity index (χ0v) is 19.2. The number of rotatable bonds is 11. The van der Waals surface area contributed by atoms with Gasteiger partial charge in [0.2, 0.25) is 10.0 Å². The Kier molecular flexibility index (Phi) is 8.34. The molecule has 164 valence electrons. The van der Waals surface area contributed by atoms with Crippen LogP contribution in [0.15, 0.2) is 41.3 Å². The SMILES string of the molecule is O=C(O)CCCc1ccc(C(CCC2CCCC2)NS(=O)(=O)c2ccc(Cl)cc2)s1. The highest BCUT2D eigenvalue weighted by Gasteiger charge is 2.25. The van der Waals surface area contributed by atoms with E-state index in [4.69, 9.17) is 16.7 Å². The molecule has 1 saturated carbocycles. The van der Waals surface area contributed by atoms with Crippen LogP contribution < -0.4 is 4.72 Å². The average molecular weight is 470 g/mol. The average Bonchev–Trinajstić information content (AvgIpc) is 3.37. The van der Waals surface area contributed by atoms with Gasteiger partial charge in [-0.25, -0.2) is 13.1 Å². The van der Waals surface area contributed by atoms with E-state index < -0.39 is 16.0 Å². The molecular weight excluding hydrogens is 442 g/mol. The van der Waals surface area contributed by atoms with Crippen LogP contribution in [0.25, 0.3) is 0 Å². The van der Waals surface area contributed by atoms with Crippen molar-refractivity contribution in [3.05, 3.63) is 51.2 Å². The van der Waals surface area contributed by atoms with Crippen LogP contribution in [0.3, 0.4) is 0 Å². The molecule has 1 fully saturated rings. The maximum Gasteiger partial charge on any atom is 0.303 e. The van der Waals surface area contributed by atoms with Gasteiger partial charge in [-0.05, 0) is 68.0 Å². The Bertz CT molecular complexity index is 934. The molecule has 0 bridgehead atoms. The number of aryl methyl sites for hydroxylation is 1. The minimum absolute atomic E-state index is 0.140. The number of carboxylic acid groups (broad SMARTS) is 1. The van der Waals surface area contributed by atoms with Gasteiger partial charge in [-0.15, -0.1) is 11.3 Å². The number of hydrogen-bond donors (Lipinski definition) is 2. The number of halogens is 1. The number of nitrogens with one attached hydrogen (secondary N) is 1. The predicted molar refractivity (Wildman–Crippen MR) is 121 cm³/mol. The van der Waals surface area contributed by atoms with Crippen molar-refractivity contribution in [3.63, 3.8) is 0 Å². The van der Waals surface area contributed by atoms with E-state index in [1.54, 1.807) is 23.5 Å². The van der Waals surface area contributed by atoms with Crippen LogP contribution in [-0.2, 0) is 21.2 Å². The lowest BCUT2D eigenvalue weighted by Gasteiger charge is -2.20. The van der Waals surface area contributed by atoms with Crippen molar-refractivity contribution in [1.29, 1.82) is 0 Å². The summed E-state index contributed by atoms with van der Waals surface area (Å²) in [6.45, 7) is 0. The molecular formula is C22H28ClNO4S2. The van der Waals surface area contributed by atoms with E-state index in [0.29, 0.717) is 23.8 Å². The molecule has 1 atom stereocenters. The van der Waals surface area contributed by atoms with Gasteiger partial charge < -0.3 is 5.11 Å².